The van der Waals surface area contributed by atoms with Crippen LogP contribution in [0, 0.1) is 17.0 Å². The van der Waals surface area contributed by atoms with E-state index in [2.05, 4.69) is 15.5 Å². The van der Waals surface area contributed by atoms with Crippen molar-refractivity contribution in [1.29, 1.82) is 0 Å². The molecular weight excluding hydrogens is 276 g/mol. The minimum atomic E-state index is -0.446. The Hall–Kier alpha value is -2.32. The SMILES string of the molecule is Cc1ccc([N+](=O)[O-])cc1-c1noc(C2CNCCO2)n1. The van der Waals surface area contributed by atoms with Crippen molar-refractivity contribution in [2.45, 2.75) is 13.0 Å². The van der Waals surface area contributed by atoms with E-state index >= 15 is 0 Å². The highest BCUT2D eigenvalue weighted by molar-refractivity contribution is 5.63. The van der Waals surface area contributed by atoms with Gasteiger partial charge in [0, 0.05) is 30.8 Å². The fourth-order valence-corrected chi connectivity index (χ4v) is 2.16. The van der Waals surface area contributed by atoms with Crippen LogP contribution in [0.4, 0.5) is 5.69 Å². The molecule has 3 rings (SSSR count). The first-order valence-electron chi connectivity index (χ1n) is 6.56. The molecule has 1 aliphatic heterocycles. The molecule has 1 fully saturated rings. The first kappa shape index (κ1) is 13.7. The highest BCUT2D eigenvalue weighted by Crippen LogP contribution is 2.27. The van der Waals surface area contributed by atoms with Gasteiger partial charge in [0.2, 0.25) is 5.82 Å². The van der Waals surface area contributed by atoms with Crippen LogP contribution in [-0.2, 0) is 4.74 Å². The number of morpholine rings is 1. The second kappa shape index (κ2) is 5.58. The van der Waals surface area contributed by atoms with Crippen molar-refractivity contribution in [2.75, 3.05) is 19.7 Å². The maximum absolute atomic E-state index is 10.9. The number of ether oxygens (including phenoxy) is 1. The van der Waals surface area contributed by atoms with Gasteiger partial charge >= 0.3 is 0 Å². The van der Waals surface area contributed by atoms with Crippen LogP contribution in [0.1, 0.15) is 17.6 Å². The topological polar surface area (TPSA) is 103 Å². The number of nitro benzene ring substituents is 1. The highest BCUT2D eigenvalue weighted by Gasteiger charge is 2.23. The van der Waals surface area contributed by atoms with Crippen LogP contribution < -0.4 is 5.32 Å². The lowest BCUT2D eigenvalue weighted by Crippen LogP contribution is -2.33. The van der Waals surface area contributed by atoms with Crippen molar-refractivity contribution in [2.24, 2.45) is 0 Å². The summed E-state index contributed by atoms with van der Waals surface area (Å²) in [5, 5.41) is 17.9. The van der Waals surface area contributed by atoms with Crippen LogP contribution >= 0.6 is 0 Å². The van der Waals surface area contributed by atoms with Crippen LogP contribution in [0.2, 0.25) is 0 Å². The largest absolute Gasteiger partial charge is 0.366 e. The van der Waals surface area contributed by atoms with Crippen LogP contribution in [0.5, 0.6) is 0 Å². The Labute approximate surface area is 120 Å². The first-order valence-corrected chi connectivity index (χ1v) is 6.56. The van der Waals surface area contributed by atoms with Gasteiger partial charge < -0.3 is 14.6 Å². The molecule has 0 bridgehead atoms. The van der Waals surface area contributed by atoms with Crippen molar-refractivity contribution in [1.82, 2.24) is 15.5 Å². The molecule has 8 heteroatoms. The van der Waals surface area contributed by atoms with Crippen molar-refractivity contribution < 1.29 is 14.2 Å². The number of aromatic nitrogens is 2. The molecule has 1 unspecified atom stereocenters. The summed E-state index contributed by atoms with van der Waals surface area (Å²) in [5.74, 6) is 0.712. The average molecular weight is 290 g/mol. The summed E-state index contributed by atoms with van der Waals surface area (Å²) in [6.45, 7) is 3.82. The van der Waals surface area contributed by atoms with Crippen LogP contribution in [0.15, 0.2) is 22.7 Å². The van der Waals surface area contributed by atoms with Crippen molar-refractivity contribution in [3.05, 3.63) is 39.8 Å². The second-order valence-corrected chi connectivity index (χ2v) is 4.78. The lowest BCUT2D eigenvalue weighted by atomic mass is 10.1. The first-order chi connectivity index (χ1) is 10.1. The lowest BCUT2D eigenvalue weighted by Gasteiger charge is -2.19. The fourth-order valence-electron chi connectivity index (χ4n) is 2.16. The maximum atomic E-state index is 10.9. The van der Waals surface area contributed by atoms with Crippen molar-refractivity contribution >= 4 is 5.69 Å². The molecule has 2 heterocycles. The summed E-state index contributed by atoms with van der Waals surface area (Å²) < 4.78 is 10.8. The molecule has 1 saturated heterocycles. The molecule has 0 amide bonds. The zero-order chi connectivity index (χ0) is 14.8. The molecule has 1 aromatic carbocycles. The Bertz CT molecular complexity index is 664. The molecule has 2 aromatic rings. The van der Waals surface area contributed by atoms with Crippen LogP contribution in [-0.4, -0.2) is 34.8 Å². The van der Waals surface area contributed by atoms with E-state index in [1.807, 2.05) is 6.92 Å². The number of nitro groups is 1. The Balaban J connectivity index is 1.92. The van der Waals surface area contributed by atoms with E-state index < -0.39 is 4.92 Å². The molecule has 0 saturated carbocycles. The molecule has 8 nitrogen and oxygen atoms in total. The van der Waals surface area contributed by atoms with Gasteiger partial charge in [0.15, 0.2) is 0 Å². The molecule has 1 aromatic heterocycles. The number of rotatable bonds is 3. The smallest absolute Gasteiger partial charge is 0.270 e. The quantitative estimate of drug-likeness (QED) is 0.676. The summed E-state index contributed by atoms with van der Waals surface area (Å²) in [6.07, 6.45) is -0.279. The molecule has 110 valence electrons. The van der Waals surface area contributed by atoms with Gasteiger partial charge in [0.05, 0.1) is 11.5 Å². The molecule has 1 atom stereocenters. The second-order valence-electron chi connectivity index (χ2n) is 4.78. The van der Waals surface area contributed by atoms with E-state index in [1.54, 1.807) is 6.07 Å². The molecule has 1 N–H and O–H groups in total. The van der Waals surface area contributed by atoms with Gasteiger partial charge in [-0.25, -0.2) is 0 Å². The third-order valence-corrected chi connectivity index (χ3v) is 3.32. The van der Waals surface area contributed by atoms with E-state index in [4.69, 9.17) is 9.26 Å². The number of nitrogens with one attached hydrogen (secondary N) is 1. The number of hydrogen-bond acceptors (Lipinski definition) is 7. The highest BCUT2D eigenvalue weighted by atomic mass is 16.6. The van der Waals surface area contributed by atoms with Crippen molar-refractivity contribution in [3.63, 3.8) is 0 Å². The molecule has 0 spiro atoms. The Morgan fingerprint density at radius 2 is 2.33 bits per heavy atom. The predicted molar refractivity (Wildman–Crippen MR) is 72.7 cm³/mol. The number of non-ortho nitro benzene ring substituents is 1. The number of benzene rings is 1. The summed E-state index contributed by atoms with van der Waals surface area (Å²) >= 11 is 0. The minimum Gasteiger partial charge on any atom is -0.366 e. The van der Waals surface area contributed by atoms with Gasteiger partial charge in [-0.15, -0.1) is 0 Å². The zero-order valence-corrected chi connectivity index (χ0v) is 11.4. The average Bonchev–Trinajstić information content (AvgIpc) is 2.98. The van der Waals surface area contributed by atoms with E-state index in [-0.39, 0.29) is 11.8 Å². The van der Waals surface area contributed by atoms with Crippen LogP contribution in [0.3, 0.4) is 0 Å². The standard InChI is InChI=1S/C13H14N4O4/c1-8-2-3-9(17(18)19)6-10(8)12-15-13(21-16-12)11-7-14-4-5-20-11/h2-3,6,11,14H,4-5,7H2,1H3. The van der Waals surface area contributed by atoms with E-state index in [9.17, 15) is 10.1 Å². The summed E-state index contributed by atoms with van der Waals surface area (Å²) in [6, 6.07) is 4.57. The molecular formula is C13H14N4O4. The van der Waals surface area contributed by atoms with Crippen LogP contribution in [0.25, 0.3) is 11.4 Å². The summed E-state index contributed by atoms with van der Waals surface area (Å²) in [5.41, 5.74) is 1.43. The van der Waals surface area contributed by atoms with Gasteiger partial charge in [-0.05, 0) is 12.5 Å². The normalized spacial score (nSPS) is 18.6. The number of aryl methyl sites for hydroxylation is 1. The Morgan fingerprint density at radius 1 is 1.48 bits per heavy atom. The monoisotopic (exact) mass is 290 g/mol. The van der Waals surface area contributed by atoms with E-state index in [1.165, 1.54) is 12.1 Å². The van der Waals surface area contributed by atoms with Gasteiger partial charge in [0.25, 0.3) is 11.6 Å². The molecule has 1 aliphatic rings. The van der Waals surface area contributed by atoms with Gasteiger partial charge in [-0.1, -0.05) is 11.2 Å². The summed E-state index contributed by atoms with van der Waals surface area (Å²) in [4.78, 5) is 14.7. The molecule has 21 heavy (non-hydrogen) atoms. The molecule has 0 radical (unpaired) electrons. The molecule has 0 aliphatic carbocycles. The predicted octanol–water partition coefficient (Wildman–Crippen LogP) is 1.61. The van der Waals surface area contributed by atoms with E-state index in [0.29, 0.717) is 30.4 Å². The van der Waals surface area contributed by atoms with Gasteiger partial charge in [-0.2, -0.15) is 4.98 Å². The number of hydrogen-bond donors (Lipinski definition) is 1. The van der Waals surface area contributed by atoms with E-state index in [0.717, 1.165) is 12.1 Å². The third-order valence-electron chi connectivity index (χ3n) is 3.32. The lowest BCUT2D eigenvalue weighted by molar-refractivity contribution is -0.384. The van der Waals surface area contributed by atoms with Gasteiger partial charge in [0.1, 0.15) is 6.10 Å². The maximum Gasteiger partial charge on any atom is 0.270 e. The van der Waals surface area contributed by atoms with Gasteiger partial charge in [-0.3, -0.25) is 10.1 Å². The Morgan fingerprint density at radius 3 is 3.05 bits per heavy atom. The minimum absolute atomic E-state index is 0.00228. The number of nitrogens with zero attached hydrogens (tertiary/aromatic N) is 3. The zero-order valence-electron chi connectivity index (χ0n) is 11.4. The Kier molecular flexibility index (Phi) is 3.63. The van der Waals surface area contributed by atoms with Crippen molar-refractivity contribution in [3.8, 4) is 11.4 Å². The third kappa shape index (κ3) is 2.76. The summed E-state index contributed by atoms with van der Waals surface area (Å²) in [7, 11) is 0. The fraction of sp³-hybridized carbons (Fsp3) is 0.385.